The van der Waals surface area contributed by atoms with Crippen LogP contribution in [0.1, 0.15) is 10.4 Å². The van der Waals surface area contributed by atoms with Crippen molar-refractivity contribution in [1.29, 1.82) is 0 Å². The second kappa shape index (κ2) is 6.87. The minimum Gasteiger partial charge on any atom is -0.493 e. The highest BCUT2D eigenvalue weighted by atomic mass is 16.7. The van der Waals surface area contributed by atoms with Crippen molar-refractivity contribution < 1.29 is 28.2 Å². The van der Waals surface area contributed by atoms with Gasteiger partial charge < -0.3 is 23.4 Å². The van der Waals surface area contributed by atoms with Crippen LogP contribution in [0.2, 0.25) is 0 Å². The molecule has 1 aliphatic rings. The molecule has 1 aromatic heterocycles. The molecule has 2 heterocycles. The number of carbonyl (C=O) groups excluding carboxylic acids is 1. The highest BCUT2D eigenvalue weighted by Gasteiger charge is 2.20. The molecule has 0 aliphatic carbocycles. The standard InChI is InChI=1S/C18H15N3O6/c1-23-13-5-3-4-11(15(13)24-2)16(22)19-18-21-20-17(27-18)10-6-7-12-14(8-10)26-9-25-12/h3-8H,9H2,1-2H3,(H,19,21,22). The van der Waals surface area contributed by atoms with E-state index in [4.69, 9.17) is 23.4 Å². The molecule has 1 amide bonds. The number of carbonyl (C=O) groups is 1. The fourth-order valence-corrected chi connectivity index (χ4v) is 2.65. The number of nitrogens with zero attached hydrogens (tertiary/aromatic N) is 2. The van der Waals surface area contributed by atoms with Gasteiger partial charge >= 0.3 is 6.01 Å². The molecule has 0 saturated heterocycles. The van der Waals surface area contributed by atoms with Crippen molar-refractivity contribution in [3.63, 3.8) is 0 Å². The van der Waals surface area contributed by atoms with E-state index in [1.165, 1.54) is 14.2 Å². The zero-order valence-corrected chi connectivity index (χ0v) is 14.5. The van der Waals surface area contributed by atoms with Gasteiger partial charge in [-0.25, -0.2) is 0 Å². The molecule has 0 unspecified atom stereocenters. The Hall–Kier alpha value is -3.75. The minimum atomic E-state index is -0.466. The Kier molecular flexibility index (Phi) is 4.25. The van der Waals surface area contributed by atoms with E-state index >= 15 is 0 Å². The second-order valence-corrected chi connectivity index (χ2v) is 5.48. The van der Waals surface area contributed by atoms with Crippen molar-refractivity contribution >= 4 is 11.9 Å². The molecule has 0 saturated carbocycles. The number of nitrogens with one attached hydrogen (secondary N) is 1. The molecule has 0 spiro atoms. The number of fused-ring (bicyclic) bond motifs is 1. The number of anilines is 1. The van der Waals surface area contributed by atoms with Gasteiger partial charge in [0.2, 0.25) is 12.7 Å². The molecule has 3 aromatic rings. The number of ether oxygens (including phenoxy) is 4. The SMILES string of the molecule is COc1cccc(C(=O)Nc2nnc(-c3ccc4c(c3)OCO4)o2)c1OC. The van der Waals surface area contributed by atoms with Crippen LogP contribution in [0.25, 0.3) is 11.5 Å². The summed E-state index contributed by atoms with van der Waals surface area (Å²) in [7, 11) is 2.95. The van der Waals surface area contributed by atoms with Crippen LogP contribution in [-0.4, -0.2) is 37.1 Å². The van der Waals surface area contributed by atoms with Crippen molar-refractivity contribution in [2.24, 2.45) is 0 Å². The highest BCUT2D eigenvalue weighted by Crippen LogP contribution is 2.36. The fraction of sp³-hybridized carbons (Fsp3) is 0.167. The number of amides is 1. The number of hydrogen-bond acceptors (Lipinski definition) is 8. The van der Waals surface area contributed by atoms with Gasteiger partial charge in [-0.2, -0.15) is 0 Å². The number of rotatable bonds is 5. The molecule has 1 N–H and O–H groups in total. The number of benzene rings is 2. The largest absolute Gasteiger partial charge is 0.493 e. The summed E-state index contributed by atoms with van der Waals surface area (Å²) in [6.07, 6.45) is 0. The van der Waals surface area contributed by atoms with Crippen molar-refractivity contribution in [3.8, 4) is 34.5 Å². The maximum absolute atomic E-state index is 12.6. The monoisotopic (exact) mass is 369 g/mol. The number of hydrogen-bond donors (Lipinski definition) is 1. The van der Waals surface area contributed by atoms with E-state index in [0.717, 1.165) is 0 Å². The van der Waals surface area contributed by atoms with Crippen LogP contribution in [-0.2, 0) is 0 Å². The van der Waals surface area contributed by atoms with E-state index in [1.807, 2.05) is 0 Å². The van der Waals surface area contributed by atoms with E-state index in [0.29, 0.717) is 28.6 Å². The Balaban J connectivity index is 1.55. The average molecular weight is 369 g/mol. The van der Waals surface area contributed by atoms with Gasteiger partial charge in [-0.05, 0) is 30.3 Å². The van der Waals surface area contributed by atoms with Crippen LogP contribution >= 0.6 is 0 Å². The number of aromatic nitrogens is 2. The lowest BCUT2D eigenvalue weighted by molar-refractivity contribution is 0.102. The zero-order chi connectivity index (χ0) is 18.8. The van der Waals surface area contributed by atoms with Crippen LogP contribution in [0.5, 0.6) is 23.0 Å². The van der Waals surface area contributed by atoms with E-state index in [1.54, 1.807) is 36.4 Å². The predicted molar refractivity (Wildman–Crippen MR) is 93.4 cm³/mol. The van der Waals surface area contributed by atoms with Crippen molar-refractivity contribution in [2.75, 3.05) is 26.3 Å². The summed E-state index contributed by atoms with van der Waals surface area (Å²) in [4.78, 5) is 12.6. The highest BCUT2D eigenvalue weighted by molar-refractivity contribution is 6.05. The number of methoxy groups -OCH3 is 2. The molecule has 9 nitrogen and oxygen atoms in total. The smallest absolute Gasteiger partial charge is 0.322 e. The molecule has 9 heteroatoms. The lowest BCUT2D eigenvalue weighted by Crippen LogP contribution is -2.13. The third-order valence-electron chi connectivity index (χ3n) is 3.91. The van der Waals surface area contributed by atoms with Crippen molar-refractivity contribution in [2.45, 2.75) is 0 Å². The topological polar surface area (TPSA) is 105 Å². The Bertz CT molecular complexity index is 1000. The zero-order valence-electron chi connectivity index (χ0n) is 14.5. The normalized spacial score (nSPS) is 11.9. The average Bonchev–Trinajstić information content (AvgIpc) is 3.35. The van der Waals surface area contributed by atoms with E-state index in [-0.39, 0.29) is 24.3 Å². The van der Waals surface area contributed by atoms with Gasteiger partial charge in [-0.3, -0.25) is 10.1 Å². The molecule has 138 valence electrons. The fourth-order valence-electron chi connectivity index (χ4n) is 2.65. The third kappa shape index (κ3) is 3.10. The Labute approximate surface area is 153 Å². The maximum Gasteiger partial charge on any atom is 0.322 e. The van der Waals surface area contributed by atoms with Crippen LogP contribution in [0, 0.1) is 0 Å². The Morgan fingerprint density at radius 3 is 2.74 bits per heavy atom. The summed E-state index contributed by atoms with van der Waals surface area (Å²) < 4.78 is 26.6. The summed E-state index contributed by atoms with van der Waals surface area (Å²) >= 11 is 0. The van der Waals surface area contributed by atoms with E-state index < -0.39 is 5.91 Å². The predicted octanol–water partition coefficient (Wildman–Crippen LogP) is 2.73. The Morgan fingerprint density at radius 1 is 1.07 bits per heavy atom. The lowest BCUT2D eigenvalue weighted by Gasteiger charge is -2.11. The lowest BCUT2D eigenvalue weighted by atomic mass is 10.1. The molecule has 0 bridgehead atoms. The first kappa shape index (κ1) is 16.7. The van der Waals surface area contributed by atoms with E-state index in [9.17, 15) is 4.79 Å². The first-order chi connectivity index (χ1) is 13.2. The molecular weight excluding hydrogens is 354 g/mol. The third-order valence-corrected chi connectivity index (χ3v) is 3.91. The maximum atomic E-state index is 12.6. The van der Waals surface area contributed by atoms with Gasteiger partial charge in [0.15, 0.2) is 23.0 Å². The summed E-state index contributed by atoms with van der Waals surface area (Å²) in [5.41, 5.74) is 0.922. The molecule has 0 radical (unpaired) electrons. The van der Waals surface area contributed by atoms with Gasteiger partial charge in [0, 0.05) is 5.56 Å². The first-order valence-corrected chi connectivity index (χ1v) is 7.95. The Morgan fingerprint density at radius 2 is 1.93 bits per heavy atom. The summed E-state index contributed by atoms with van der Waals surface area (Å²) in [5.74, 6) is 1.77. The molecule has 0 atom stereocenters. The molecule has 4 rings (SSSR count). The minimum absolute atomic E-state index is 0.0439. The quantitative estimate of drug-likeness (QED) is 0.732. The van der Waals surface area contributed by atoms with Crippen molar-refractivity contribution in [1.82, 2.24) is 10.2 Å². The number of para-hydroxylation sites is 1. The van der Waals surface area contributed by atoms with Crippen molar-refractivity contribution in [3.05, 3.63) is 42.0 Å². The second-order valence-electron chi connectivity index (χ2n) is 5.48. The summed E-state index contributed by atoms with van der Waals surface area (Å²) in [6, 6.07) is 10.2. The van der Waals surface area contributed by atoms with Gasteiger partial charge in [0.05, 0.1) is 19.8 Å². The van der Waals surface area contributed by atoms with Gasteiger partial charge in [-0.1, -0.05) is 11.2 Å². The summed E-state index contributed by atoms with van der Waals surface area (Å²) in [5, 5.41) is 10.4. The van der Waals surface area contributed by atoms with Crippen LogP contribution in [0.15, 0.2) is 40.8 Å². The first-order valence-electron chi connectivity index (χ1n) is 7.95. The molecule has 0 fully saturated rings. The van der Waals surface area contributed by atoms with Crippen LogP contribution in [0.4, 0.5) is 6.01 Å². The summed E-state index contributed by atoms with van der Waals surface area (Å²) in [6.45, 7) is 0.173. The van der Waals surface area contributed by atoms with E-state index in [2.05, 4.69) is 15.5 Å². The molecular formula is C18H15N3O6. The van der Waals surface area contributed by atoms with Gasteiger partial charge in [0.1, 0.15) is 0 Å². The molecule has 1 aliphatic heterocycles. The van der Waals surface area contributed by atoms with Gasteiger partial charge in [0.25, 0.3) is 5.91 Å². The molecule has 2 aromatic carbocycles. The van der Waals surface area contributed by atoms with Crippen LogP contribution < -0.4 is 24.3 Å². The van der Waals surface area contributed by atoms with Crippen LogP contribution in [0.3, 0.4) is 0 Å². The molecule has 27 heavy (non-hydrogen) atoms. The van der Waals surface area contributed by atoms with Gasteiger partial charge in [-0.15, -0.1) is 5.10 Å².